The summed E-state index contributed by atoms with van der Waals surface area (Å²) in [5.74, 6) is 0.558. The van der Waals surface area contributed by atoms with Crippen molar-refractivity contribution in [3.8, 4) is 0 Å². The molecule has 3 aliphatic heterocycles. The lowest BCUT2D eigenvalue weighted by molar-refractivity contribution is 0.0339. The van der Waals surface area contributed by atoms with E-state index in [1.807, 2.05) is 6.20 Å². The maximum atomic E-state index is 5.50. The number of H-pyrrole nitrogens is 1. The molecule has 0 bridgehead atoms. The number of hydrogen-bond donors (Lipinski definition) is 1. The molecule has 5 rings (SSSR count). The molecule has 0 amide bonds. The van der Waals surface area contributed by atoms with E-state index in [1.165, 1.54) is 53.9 Å². The van der Waals surface area contributed by atoms with E-state index in [1.54, 1.807) is 0 Å². The van der Waals surface area contributed by atoms with Gasteiger partial charge in [-0.3, -0.25) is 14.9 Å². The quantitative estimate of drug-likeness (QED) is 0.843. The van der Waals surface area contributed by atoms with Gasteiger partial charge in [0.25, 0.3) is 0 Å². The fourth-order valence-electron chi connectivity index (χ4n) is 5.21. The molecular formula is C23H33N5O. The third-order valence-corrected chi connectivity index (χ3v) is 6.84. The van der Waals surface area contributed by atoms with Gasteiger partial charge in [-0.05, 0) is 43.0 Å². The predicted molar refractivity (Wildman–Crippen MR) is 115 cm³/mol. The Morgan fingerprint density at radius 3 is 2.90 bits per heavy atom. The lowest BCUT2D eigenvalue weighted by atomic mass is 9.92. The highest BCUT2D eigenvalue weighted by Gasteiger charge is 2.26. The van der Waals surface area contributed by atoms with Gasteiger partial charge in [-0.2, -0.15) is 5.10 Å². The molecule has 6 heteroatoms. The molecular weight excluding hydrogens is 362 g/mol. The molecule has 3 aliphatic rings. The summed E-state index contributed by atoms with van der Waals surface area (Å²) in [7, 11) is 2.19. The zero-order valence-electron chi connectivity index (χ0n) is 17.6. The summed E-state index contributed by atoms with van der Waals surface area (Å²) in [6.07, 6.45) is 5.74. The topological polar surface area (TPSA) is 47.6 Å². The van der Waals surface area contributed by atoms with Crippen LogP contribution in [0.3, 0.4) is 0 Å². The number of nitrogens with zero attached hydrogens (tertiary/aromatic N) is 4. The lowest BCUT2D eigenvalue weighted by Crippen LogP contribution is -2.37. The van der Waals surface area contributed by atoms with Gasteiger partial charge in [-0.1, -0.05) is 12.1 Å². The van der Waals surface area contributed by atoms with Crippen molar-refractivity contribution in [1.82, 2.24) is 20.0 Å². The highest BCUT2D eigenvalue weighted by atomic mass is 16.5. The standard InChI is InChI=1S/C23H33N5O/c1-26-8-6-19-13-18(4-5-22(19)26)15-28-7-2-3-20(16-28)23-21(14-24-25-23)17-27-9-11-29-12-10-27/h4-5,13-14,20H,2-3,6-12,15-17H2,1H3,(H,24,25)/t20-/m0/s1. The number of likely N-dealkylation sites (tertiary alicyclic amines) is 1. The van der Waals surface area contributed by atoms with Crippen LogP contribution in [0.2, 0.25) is 0 Å². The molecule has 4 heterocycles. The number of anilines is 1. The molecule has 0 unspecified atom stereocenters. The maximum absolute atomic E-state index is 5.50. The first-order valence-corrected chi connectivity index (χ1v) is 11.1. The minimum Gasteiger partial charge on any atom is -0.379 e. The Hall–Kier alpha value is -1.89. The smallest absolute Gasteiger partial charge is 0.0594 e. The summed E-state index contributed by atoms with van der Waals surface area (Å²) in [6, 6.07) is 7.07. The SMILES string of the molecule is CN1CCc2cc(CN3CCC[C@H](c4[nH]ncc4CN4CCOCC4)C3)ccc21. The normalized spacial score (nSPS) is 23.5. The zero-order chi connectivity index (χ0) is 19.6. The molecule has 1 N–H and O–H groups in total. The van der Waals surface area contributed by atoms with E-state index in [4.69, 9.17) is 4.74 Å². The third kappa shape index (κ3) is 4.20. The number of rotatable bonds is 5. The van der Waals surface area contributed by atoms with Gasteiger partial charge in [-0.25, -0.2) is 0 Å². The molecule has 2 saturated heterocycles. The van der Waals surface area contributed by atoms with Crippen molar-refractivity contribution in [2.45, 2.75) is 38.3 Å². The molecule has 0 radical (unpaired) electrons. The molecule has 0 spiro atoms. The van der Waals surface area contributed by atoms with Crippen LogP contribution < -0.4 is 4.90 Å². The van der Waals surface area contributed by atoms with Crippen LogP contribution in [0.25, 0.3) is 0 Å². The van der Waals surface area contributed by atoms with E-state index < -0.39 is 0 Å². The van der Waals surface area contributed by atoms with Gasteiger partial charge in [-0.15, -0.1) is 0 Å². The summed E-state index contributed by atoms with van der Waals surface area (Å²) in [5.41, 5.74) is 7.12. The van der Waals surface area contributed by atoms with Gasteiger partial charge >= 0.3 is 0 Å². The number of nitrogens with one attached hydrogen (secondary N) is 1. The highest BCUT2D eigenvalue weighted by molar-refractivity contribution is 5.58. The molecule has 2 aromatic rings. The molecule has 1 aromatic heterocycles. The van der Waals surface area contributed by atoms with Crippen molar-refractivity contribution in [2.24, 2.45) is 0 Å². The maximum Gasteiger partial charge on any atom is 0.0594 e. The van der Waals surface area contributed by atoms with Crippen molar-refractivity contribution in [3.63, 3.8) is 0 Å². The first kappa shape index (κ1) is 19.1. The second kappa shape index (κ2) is 8.46. The molecule has 1 atom stereocenters. The molecule has 6 nitrogen and oxygen atoms in total. The summed E-state index contributed by atoms with van der Waals surface area (Å²) < 4.78 is 5.50. The molecule has 29 heavy (non-hydrogen) atoms. The van der Waals surface area contributed by atoms with Crippen LogP contribution in [0.5, 0.6) is 0 Å². The van der Waals surface area contributed by atoms with Crippen molar-refractivity contribution in [1.29, 1.82) is 0 Å². The number of fused-ring (bicyclic) bond motifs is 1. The van der Waals surface area contributed by atoms with Gasteiger partial charge in [0.15, 0.2) is 0 Å². The Morgan fingerprint density at radius 2 is 2.00 bits per heavy atom. The van der Waals surface area contributed by atoms with Crippen LogP contribution in [0, 0.1) is 0 Å². The molecule has 0 saturated carbocycles. The number of ether oxygens (including phenoxy) is 1. The Labute approximate surface area is 173 Å². The lowest BCUT2D eigenvalue weighted by Gasteiger charge is -2.33. The number of piperidine rings is 1. The molecule has 1 aromatic carbocycles. The van der Waals surface area contributed by atoms with Crippen molar-refractivity contribution in [2.75, 3.05) is 57.9 Å². The molecule has 156 valence electrons. The van der Waals surface area contributed by atoms with Crippen LogP contribution in [-0.4, -0.2) is 73.0 Å². The molecule has 2 fully saturated rings. The monoisotopic (exact) mass is 395 g/mol. The largest absolute Gasteiger partial charge is 0.379 e. The molecule has 0 aliphatic carbocycles. The first-order valence-electron chi connectivity index (χ1n) is 11.1. The van der Waals surface area contributed by atoms with Crippen molar-refractivity contribution < 1.29 is 4.74 Å². The van der Waals surface area contributed by atoms with E-state index in [2.05, 4.69) is 50.1 Å². The second-order valence-corrected chi connectivity index (χ2v) is 8.91. The van der Waals surface area contributed by atoms with E-state index in [0.717, 1.165) is 52.5 Å². The van der Waals surface area contributed by atoms with E-state index in [9.17, 15) is 0 Å². The number of aromatic nitrogens is 2. The number of benzene rings is 1. The minimum absolute atomic E-state index is 0.558. The number of hydrogen-bond acceptors (Lipinski definition) is 5. The summed E-state index contributed by atoms with van der Waals surface area (Å²) in [4.78, 5) is 7.48. The van der Waals surface area contributed by atoms with E-state index >= 15 is 0 Å². The Morgan fingerprint density at radius 1 is 1.10 bits per heavy atom. The van der Waals surface area contributed by atoms with Crippen molar-refractivity contribution in [3.05, 3.63) is 46.8 Å². The average molecular weight is 396 g/mol. The van der Waals surface area contributed by atoms with Gasteiger partial charge in [0.1, 0.15) is 0 Å². The minimum atomic E-state index is 0.558. The Bertz CT molecular complexity index is 828. The van der Waals surface area contributed by atoms with Gasteiger partial charge in [0, 0.05) is 69.2 Å². The fourth-order valence-corrected chi connectivity index (χ4v) is 5.21. The fraction of sp³-hybridized carbons (Fsp3) is 0.609. The number of aromatic amines is 1. The Balaban J connectivity index is 1.24. The highest BCUT2D eigenvalue weighted by Crippen LogP contribution is 2.31. The Kier molecular flexibility index (Phi) is 5.57. The van der Waals surface area contributed by atoms with Crippen LogP contribution in [0.15, 0.2) is 24.4 Å². The zero-order valence-corrected chi connectivity index (χ0v) is 17.6. The van der Waals surface area contributed by atoms with Crippen LogP contribution >= 0.6 is 0 Å². The van der Waals surface area contributed by atoms with Crippen LogP contribution in [-0.2, 0) is 24.2 Å². The van der Waals surface area contributed by atoms with Crippen LogP contribution in [0.1, 0.15) is 41.1 Å². The average Bonchev–Trinajstić information content (AvgIpc) is 3.36. The van der Waals surface area contributed by atoms with Crippen LogP contribution in [0.4, 0.5) is 5.69 Å². The van der Waals surface area contributed by atoms with E-state index in [0.29, 0.717) is 5.92 Å². The van der Waals surface area contributed by atoms with Gasteiger partial charge < -0.3 is 9.64 Å². The number of likely N-dealkylation sites (N-methyl/N-ethyl adjacent to an activating group) is 1. The van der Waals surface area contributed by atoms with Crippen molar-refractivity contribution >= 4 is 5.69 Å². The predicted octanol–water partition coefficient (Wildman–Crippen LogP) is 2.61. The summed E-state index contributed by atoms with van der Waals surface area (Å²) in [6.45, 7) is 9.25. The summed E-state index contributed by atoms with van der Waals surface area (Å²) in [5, 5.41) is 7.76. The summed E-state index contributed by atoms with van der Waals surface area (Å²) >= 11 is 0. The second-order valence-electron chi connectivity index (χ2n) is 8.91. The van der Waals surface area contributed by atoms with Gasteiger partial charge in [0.2, 0.25) is 0 Å². The first-order chi connectivity index (χ1) is 14.3. The third-order valence-electron chi connectivity index (χ3n) is 6.84. The van der Waals surface area contributed by atoms with E-state index in [-0.39, 0.29) is 0 Å². The number of morpholine rings is 1. The van der Waals surface area contributed by atoms with Gasteiger partial charge in [0.05, 0.1) is 19.4 Å².